The molecule has 0 aliphatic heterocycles. The van der Waals surface area contributed by atoms with Crippen molar-refractivity contribution in [2.45, 2.75) is 6.42 Å². The van der Waals surface area contributed by atoms with Gasteiger partial charge < -0.3 is 5.32 Å². The molecule has 2 aromatic rings. The Morgan fingerprint density at radius 3 is 2.65 bits per heavy atom. The van der Waals surface area contributed by atoms with Gasteiger partial charge in [-0.25, -0.2) is 4.39 Å². The van der Waals surface area contributed by atoms with E-state index in [9.17, 15) is 9.18 Å². The summed E-state index contributed by atoms with van der Waals surface area (Å²) >= 11 is 6.69. The molecule has 0 heterocycles. The molecule has 0 fully saturated rings. The Kier molecular flexibility index (Phi) is 5.31. The van der Waals surface area contributed by atoms with Crippen LogP contribution in [0, 0.1) is 5.82 Å². The predicted molar refractivity (Wildman–Crippen MR) is 84.3 cm³/mol. The van der Waals surface area contributed by atoms with Crippen LogP contribution in [0.5, 0.6) is 0 Å². The highest BCUT2D eigenvalue weighted by atomic mass is 79.9. The van der Waals surface area contributed by atoms with Crippen molar-refractivity contribution in [1.29, 1.82) is 0 Å². The van der Waals surface area contributed by atoms with Crippen LogP contribution in [0.25, 0.3) is 0 Å². The Morgan fingerprint density at radius 2 is 1.95 bits per heavy atom. The summed E-state index contributed by atoms with van der Waals surface area (Å²) in [5.41, 5.74) is 1.44. The first kappa shape index (κ1) is 15.2. The van der Waals surface area contributed by atoms with Gasteiger partial charge in [-0.3, -0.25) is 4.79 Å². The third kappa shape index (κ3) is 4.15. The molecule has 2 nitrogen and oxygen atoms in total. The van der Waals surface area contributed by atoms with Gasteiger partial charge in [-0.2, -0.15) is 0 Å². The lowest BCUT2D eigenvalue weighted by atomic mass is 10.1. The van der Waals surface area contributed by atoms with Crippen molar-refractivity contribution in [1.82, 2.24) is 5.32 Å². The molecule has 0 bridgehead atoms. The van der Waals surface area contributed by atoms with Crippen LogP contribution < -0.4 is 5.32 Å². The van der Waals surface area contributed by atoms with E-state index in [0.29, 0.717) is 18.5 Å². The van der Waals surface area contributed by atoms with E-state index >= 15 is 0 Å². The minimum absolute atomic E-state index is 0.152. The van der Waals surface area contributed by atoms with Crippen molar-refractivity contribution in [2.24, 2.45) is 0 Å². The third-order valence-electron chi connectivity index (χ3n) is 2.76. The predicted octanol–water partition coefficient (Wildman–Crippen LogP) is 4.32. The Morgan fingerprint density at radius 1 is 1.15 bits per heavy atom. The highest BCUT2D eigenvalue weighted by molar-refractivity contribution is 9.11. The number of hydrogen-bond donors (Lipinski definition) is 1. The van der Waals surface area contributed by atoms with E-state index in [1.807, 2.05) is 18.2 Å². The van der Waals surface area contributed by atoms with Gasteiger partial charge in [0, 0.05) is 15.5 Å². The normalized spacial score (nSPS) is 10.3. The summed E-state index contributed by atoms with van der Waals surface area (Å²) in [7, 11) is 0. The van der Waals surface area contributed by atoms with Gasteiger partial charge in [-0.05, 0) is 58.2 Å². The number of halogens is 3. The van der Waals surface area contributed by atoms with Crippen LogP contribution in [-0.4, -0.2) is 12.5 Å². The van der Waals surface area contributed by atoms with E-state index in [-0.39, 0.29) is 11.7 Å². The molecule has 0 unspecified atom stereocenters. The van der Waals surface area contributed by atoms with Crippen LogP contribution in [0.3, 0.4) is 0 Å². The van der Waals surface area contributed by atoms with Crippen molar-refractivity contribution < 1.29 is 9.18 Å². The van der Waals surface area contributed by atoms with Crippen molar-refractivity contribution in [3.05, 3.63) is 68.4 Å². The third-order valence-corrected chi connectivity index (χ3v) is 3.91. The SMILES string of the molecule is O=C(NCCc1cccc(F)c1)c1ccc(Br)cc1Br. The van der Waals surface area contributed by atoms with E-state index in [4.69, 9.17) is 0 Å². The lowest BCUT2D eigenvalue weighted by Crippen LogP contribution is -2.26. The molecule has 0 spiro atoms. The fraction of sp³-hybridized carbons (Fsp3) is 0.133. The number of rotatable bonds is 4. The van der Waals surface area contributed by atoms with E-state index in [2.05, 4.69) is 37.2 Å². The quantitative estimate of drug-likeness (QED) is 0.813. The molecule has 2 aromatic carbocycles. The fourth-order valence-corrected chi connectivity index (χ4v) is 3.01. The molecule has 104 valence electrons. The maximum Gasteiger partial charge on any atom is 0.252 e. The molecule has 1 N–H and O–H groups in total. The van der Waals surface area contributed by atoms with Gasteiger partial charge in [-0.1, -0.05) is 28.1 Å². The molecule has 0 aromatic heterocycles. The van der Waals surface area contributed by atoms with Crippen LogP contribution >= 0.6 is 31.9 Å². The Balaban J connectivity index is 1.92. The topological polar surface area (TPSA) is 29.1 Å². The summed E-state index contributed by atoms with van der Waals surface area (Å²) in [6.45, 7) is 0.463. The second-order valence-corrected chi connectivity index (χ2v) is 6.03. The fourth-order valence-electron chi connectivity index (χ4n) is 1.78. The zero-order chi connectivity index (χ0) is 14.5. The largest absolute Gasteiger partial charge is 0.352 e. The Hall–Kier alpha value is -1.20. The lowest BCUT2D eigenvalue weighted by Gasteiger charge is -2.07. The number of amides is 1. The van der Waals surface area contributed by atoms with Crippen LogP contribution in [-0.2, 0) is 6.42 Å². The van der Waals surface area contributed by atoms with Crippen molar-refractivity contribution >= 4 is 37.8 Å². The van der Waals surface area contributed by atoms with Crippen LogP contribution in [0.15, 0.2) is 51.4 Å². The average Bonchev–Trinajstić information content (AvgIpc) is 2.38. The summed E-state index contributed by atoms with van der Waals surface area (Å²) in [4.78, 5) is 12.0. The molecule has 0 saturated carbocycles. The summed E-state index contributed by atoms with van der Waals surface area (Å²) in [5.74, 6) is -0.412. The van der Waals surface area contributed by atoms with Gasteiger partial charge in [0.15, 0.2) is 0 Å². The molecule has 2 rings (SSSR count). The zero-order valence-electron chi connectivity index (χ0n) is 10.5. The number of nitrogens with one attached hydrogen (secondary N) is 1. The average molecular weight is 401 g/mol. The maximum absolute atomic E-state index is 13.0. The van der Waals surface area contributed by atoms with Crippen LogP contribution in [0.2, 0.25) is 0 Å². The smallest absolute Gasteiger partial charge is 0.252 e. The molecule has 0 aliphatic rings. The van der Waals surface area contributed by atoms with E-state index < -0.39 is 0 Å². The van der Waals surface area contributed by atoms with Gasteiger partial charge in [0.2, 0.25) is 0 Å². The standard InChI is InChI=1S/C15H12Br2FNO/c16-11-4-5-13(14(17)9-11)15(20)19-7-6-10-2-1-3-12(18)8-10/h1-5,8-9H,6-7H2,(H,19,20). The first-order valence-electron chi connectivity index (χ1n) is 6.04. The van der Waals surface area contributed by atoms with E-state index in [1.54, 1.807) is 12.1 Å². The number of benzene rings is 2. The van der Waals surface area contributed by atoms with Crippen molar-refractivity contribution in [2.75, 3.05) is 6.54 Å². The Bertz CT molecular complexity index is 631. The Labute approximate surface area is 133 Å². The molecule has 5 heteroatoms. The van der Waals surface area contributed by atoms with Crippen LogP contribution in [0.4, 0.5) is 4.39 Å². The van der Waals surface area contributed by atoms with E-state index in [0.717, 1.165) is 14.5 Å². The summed E-state index contributed by atoms with van der Waals surface area (Å²) in [6, 6.07) is 11.8. The highest BCUT2D eigenvalue weighted by Crippen LogP contribution is 2.21. The van der Waals surface area contributed by atoms with Gasteiger partial charge >= 0.3 is 0 Å². The number of hydrogen-bond acceptors (Lipinski definition) is 1. The van der Waals surface area contributed by atoms with E-state index in [1.165, 1.54) is 12.1 Å². The minimum Gasteiger partial charge on any atom is -0.352 e. The molecular formula is C15H12Br2FNO. The second-order valence-electron chi connectivity index (χ2n) is 4.26. The van der Waals surface area contributed by atoms with Gasteiger partial charge in [-0.15, -0.1) is 0 Å². The summed E-state index contributed by atoms with van der Waals surface area (Å²) in [5, 5.41) is 2.82. The molecule has 0 radical (unpaired) electrons. The molecule has 20 heavy (non-hydrogen) atoms. The molecule has 0 saturated heterocycles. The van der Waals surface area contributed by atoms with Gasteiger partial charge in [0.05, 0.1) is 5.56 Å². The summed E-state index contributed by atoms with van der Waals surface area (Å²) < 4.78 is 14.6. The van der Waals surface area contributed by atoms with Crippen molar-refractivity contribution in [3.8, 4) is 0 Å². The van der Waals surface area contributed by atoms with Crippen molar-refractivity contribution in [3.63, 3.8) is 0 Å². The second kappa shape index (κ2) is 6.99. The molecule has 1 amide bonds. The maximum atomic E-state index is 13.0. The highest BCUT2D eigenvalue weighted by Gasteiger charge is 2.09. The van der Waals surface area contributed by atoms with Gasteiger partial charge in [0.1, 0.15) is 5.82 Å². The molecular weight excluding hydrogens is 389 g/mol. The summed E-state index contributed by atoms with van der Waals surface area (Å²) in [6.07, 6.45) is 0.595. The lowest BCUT2D eigenvalue weighted by molar-refractivity contribution is 0.0953. The number of carbonyl (C=O) groups excluding carboxylic acids is 1. The first-order chi connectivity index (χ1) is 9.56. The van der Waals surface area contributed by atoms with Crippen LogP contribution in [0.1, 0.15) is 15.9 Å². The molecule has 0 atom stereocenters. The number of carbonyl (C=O) groups is 1. The zero-order valence-corrected chi connectivity index (χ0v) is 13.7. The monoisotopic (exact) mass is 399 g/mol. The first-order valence-corrected chi connectivity index (χ1v) is 7.62. The van der Waals surface area contributed by atoms with Gasteiger partial charge in [0.25, 0.3) is 5.91 Å². The minimum atomic E-state index is -0.260. The molecule has 0 aliphatic carbocycles.